The van der Waals surface area contributed by atoms with E-state index in [1.165, 1.54) is 18.2 Å². The third-order valence-electron chi connectivity index (χ3n) is 5.11. The van der Waals surface area contributed by atoms with Crippen molar-refractivity contribution in [1.29, 1.82) is 0 Å². The van der Waals surface area contributed by atoms with Crippen LogP contribution in [0.2, 0.25) is 0 Å². The first-order valence-electron chi connectivity index (χ1n) is 10.4. The normalized spacial score (nSPS) is 10.7. The van der Waals surface area contributed by atoms with E-state index in [0.29, 0.717) is 18.4 Å². The van der Waals surface area contributed by atoms with Gasteiger partial charge in [0.15, 0.2) is 0 Å². The molecule has 0 fully saturated rings. The number of aromatic nitrogens is 2. The van der Waals surface area contributed by atoms with Crippen LogP contribution in [-0.4, -0.2) is 9.97 Å². The molecule has 2 nitrogen and oxygen atoms in total. The van der Waals surface area contributed by atoms with Crippen LogP contribution >= 0.6 is 0 Å². The van der Waals surface area contributed by atoms with E-state index in [1.807, 2.05) is 36.7 Å². The van der Waals surface area contributed by atoms with Gasteiger partial charge < -0.3 is 0 Å². The lowest BCUT2D eigenvalue weighted by Gasteiger charge is -2.04. The van der Waals surface area contributed by atoms with Gasteiger partial charge in [-0.05, 0) is 71.1 Å². The van der Waals surface area contributed by atoms with Crippen LogP contribution in [-0.2, 0) is 19.3 Å². The Morgan fingerprint density at radius 2 is 1.52 bits per heavy atom. The number of benzene rings is 3. The molecule has 0 aliphatic carbocycles. The SMILES string of the molecule is CCCc1cnc(CCc2ccc(C#Cc3ccc4cc(F)ccc4c3)c(F)c2)nc1. The van der Waals surface area contributed by atoms with Crippen LogP contribution in [0.1, 0.15) is 41.4 Å². The molecule has 0 N–H and O–H groups in total. The van der Waals surface area contributed by atoms with Crippen LogP contribution in [0.15, 0.2) is 67.0 Å². The molecule has 0 saturated carbocycles. The van der Waals surface area contributed by atoms with E-state index >= 15 is 0 Å². The van der Waals surface area contributed by atoms with E-state index < -0.39 is 0 Å². The predicted octanol–water partition coefficient (Wildman–Crippen LogP) is 6.05. The molecule has 0 amide bonds. The van der Waals surface area contributed by atoms with Crippen molar-refractivity contribution < 1.29 is 8.78 Å². The van der Waals surface area contributed by atoms with Gasteiger partial charge in [-0.15, -0.1) is 0 Å². The van der Waals surface area contributed by atoms with Crippen molar-refractivity contribution in [3.63, 3.8) is 0 Å². The molecule has 4 aromatic rings. The van der Waals surface area contributed by atoms with Crippen LogP contribution in [0.4, 0.5) is 8.78 Å². The second-order valence-electron chi connectivity index (χ2n) is 7.53. The minimum Gasteiger partial charge on any atom is -0.241 e. The highest BCUT2D eigenvalue weighted by atomic mass is 19.1. The molecule has 0 unspecified atom stereocenters. The van der Waals surface area contributed by atoms with Gasteiger partial charge in [0.1, 0.15) is 17.5 Å². The quantitative estimate of drug-likeness (QED) is 0.373. The Balaban J connectivity index is 1.44. The van der Waals surface area contributed by atoms with Gasteiger partial charge in [0.2, 0.25) is 0 Å². The van der Waals surface area contributed by atoms with Crippen molar-refractivity contribution in [2.24, 2.45) is 0 Å². The standard InChI is InChI=1S/C27H22F2N2/c1-2-3-21-17-30-27(31-18-21)13-7-20-5-9-22(26(29)15-20)8-4-19-6-10-24-16-25(28)12-11-23(24)14-19/h5-6,9-12,14-18H,2-3,7,13H2,1H3. The lowest BCUT2D eigenvalue weighted by Crippen LogP contribution is -2.00. The van der Waals surface area contributed by atoms with E-state index in [2.05, 4.69) is 28.7 Å². The number of hydrogen-bond donors (Lipinski definition) is 0. The fourth-order valence-corrected chi connectivity index (χ4v) is 3.43. The minimum absolute atomic E-state index is 0.270. The Labute approximate surface area is 181 Å². The lowest BCUT2D eigenvalue weighted by atomic mass is 10.0. The van der Waals surface area contributed by atoms with Crippen LogP contribution in [0.3, 0.4) is 0 Å². The molecule has 0 aliphatic rings. The first-order chi connectivity index (χ1) is 15.1. The Hall–Kier alpha value is -3.58. The molecule has 0 radical (unpaired) electrons. The summed E-state index contributed by atoms with van der Waals surface area (Å²) >= 11 is 0. The average Bonchev–Trinajstić information content (AvgIpc) is 2.78. The topological polar surface area (TPSA) is 25.8 Å². The van der Waals surface area contributed by atoms with Crippen LogP contribution in [0.25, 0.3) is 10.8 Å². The van der Waals surface area contributed by atoms with Crippen LogP contribution in [0, 0.1) is 23.5 Å². The zero-order valence-corrected chi connectivity index (χ0v) is 17.3. The molecule has 0 aliphatic heterocycles. The molecule has 1 heterocycles. The molecule has 3 aromatic carbocycles. The number of nitrogens with zero attached hydrogens (tertiary/aromatic N) is 2. The summed E-state index contributed by atoms with van der Waals surface area (Å²) in [5.74, 6) is 6.05. The van der Waals surface area contributed by atoms with Gasteiger partial charge in [-0.1, -0.05) is 43.4 Å². The van der Waals surface area contributed by atoms with Crippen molar-refractivity contribution in [1.82, 2.24) is 9.97 Å². The Kier molecular flexibility index (Phi) is 6.33. The molecule has 0 saturated heterocycles. The molecule has 0 spiro atoms. The summed E-state index contributed by atoms with van der Waals surface area (Å²) < 4.78 is 27.8. The zero-order chi connectivity index (χ0) is 21.6. The second-order valence-corrected chi connectivity index (χ2v) is 7.53. The maximum absolute atomic E-state index is 14.5. The second kappa shape index (κ2) is 9.49. The van der Waals surface area contributed by atoms with E-state index in [1.54, 1.807) is 12.1 Å². The van der Waals surface area contributed by atoms with E-state index in [9.17, 15) is 8.78 Å². The van der Waals surface area contributed by atoms with E-state index in [-0.39, 0.29) is 11.6 Å². The van der Waals surface area contributed by atoms with Gasteiger partial charge in [0.25, 0.3) is 0 Å². The molecule has 4 rings (SSSR count). The summed E-state index contributed by atoms with van der Waals surface area (Å²) in [7, 11) is 0. The van der Waals surface area contributed by atoms with Gasteiger partial charge in [0.05, 0.1) is 5.56 Å². The summed E-state index contributed by atoms with van der Waals surface area (Å²) in [4.78, 5) is 8.79. The average molecular weight is 412 g/mol. The molecule has 31 heavy (non-hydrogen) atoms. The number of rotatable bonds is 5. The van der Waals surface area contributed by atoms with Crippen LogP contribution < -0.4 is 0 Å². The molecule has 4 heteroatoms. The van der Waals surface area contributed by atoms with Crippen molar-refractivity contribution in [3.05, 3.63) is 107 Å². The Morgan fingerprint density at radius 1 is 0.742 bits per heavy atom. The predicted molar refractivity (Wildman–Crippen MR) is 120 cm³/mol. The molecule has 0 atom stereocenters. The van der Waals surface area contributed by atoms with E-state index in [4.69, 9.17) is 0 Å². The summed E-state index contributed by atoms with van der Waals surface area (Å²) in [5.41, 5.74) is 3.13. The smallest absolute Gasteiger partial charge is 0.139 e. The first kappa shape index (κ1) is 20.7. The number of fused-ring (bicyclic) bond motifs is 1. The minimum atomic E-state index is -0.341. The van der Waals surface area contributed by atoms with Crippen molar-refractivity contribution in [2.75, 3.05) is 0 Å². The van der Waals surface area contributed by atoms with Gasteiger partial charge >= 0.3 is 0 Å². The fraction of sp³-hybridized carbons (Fsp3) is 0.185. The summed E-state index contributed by atoms with van der Waals surface area (Å²) in [6.45, 7) is 2.13. The monoisotopic (exact) mass is 412 g/mol. The van der Waals surface area contributed by atoms with Crippen molar-refractivity contribution >= 4 is 10.8 Å². The lowest BCUT2D eigenvalue weighted by molar-refractivity contribution is 0.621. The van der Waals surface area contributed by atoms with Crippen molar-refractivity contribution in [3.8, 4) is 11.8 Å². The first-order valence-corrected chi connectivity index (χ1v) is 10.4. The third-order valence-corrected chi connectivity index (χ3v) is 5.11. The number of hydrogen-bond acceptors (Lipinski definition) is 2. The highest BCUT2D eigenvalue weighted by Gasteiger charge is 2.04. The van der Waals surface area contributed by atoms with Gasteiger partial charge in [-0.3, -0.25) is 0 Å². The largest absolute Gasteiger partial charge is 0.241 e. The van der Waals surface area contributed by atoms with Gasteiger partial charge in [-0.25, -0.2) is 18.7 Å². The third kappa shape index (κ3) is 5.32. The Morgan fingerprint density at radius 3 is 2.29 bits per heavy atom. The molecule has 0 bridgehead atoms. The van der Waals surface area contributed by atoms with Crippen molar-refractivity contribution in [2.45, 2.75) is 32.6 Å². The summed E-state index contributed by atoms with van der Waals surface area (Å²) in [6.07, 6.45) is 7.11. The molecule has 1 aromatic heterocycles. The molecule has 154 valence electrons. The summed E-state index contributed by atoms with van der Waals surface area (Å²) in [5, 5.41) is 1.71. The van der Waals surface area contributed by atoms with Gasteiger partial charge in [0, 0.05) is 24.4 Å². The maximum Gasteiger partial charge on any atom is 0.139 e. The molecular formula is C27H22F2N2. The maximum atomic E-state index is 14.5. The number of halogens is 2. The molecular weight excluding hydrogens is 390 g/mol. The number of aryl methyl sites for hydroxylation is 3. The fourth-order valence-electron chi connectivity index (χ4n) is 3.43. The highest BCUT2D eigenvalue weighted by Crippen LogP contribution is 2.17. The van der Waals surface area contributed by atoms with E-state index in [0.717, 1.165) is 46.1 Å². The van der Waals surface area contributed by atoms with Crippen LogP contribution in [0.5, 0.6) is 0 Å². The summed E-state index contributed by atoms with van der Waals surface area (Å²) in [6, 6.07) is 15.2. The highest BCUT2D eigenvalue weighted by molar-refractivity contribution is 5.84. The Bertz CT molecular complexity index is 1270. The zero-order valence-electron chi connectivity index (χ0n) is 17.3. The van der Waals surface area contributed by atoms with Gasteiger partial charge in [-0.2, -0.15) is 0 Å².